The quantitative estimate of drug-likeness (QED) is 0.106. The number of urea groups is 1. The van der Waals surface area contributed by atoms with Crippen molar-refractivity contribution in [1.29, 1.82) is 0 Å². The lowest BCUT2D eigenvalue weighted by molar-refractivity contribution is -0.139. The van der Waals surface area contributed by atoms with Gasteiger partial charge < -0.3 is 26.0 Å². The number of aliphatic hydroxyl groups is 1. The summed E-state index contributed by atoms with van der Waals surface area (Å²) in [7, 11) is 0. The Morgan fingerprint density at radius 2 is 1.62 bits per heavy atom. The molecule has 0 bridgehead atoms. The lowest BCUT2D eigenvalue weighted by atomic mass is 9.92. The summed E-state index contributed by atoms with van der Waals surface area (Å²) < 4.78 is 0. The molecule has 0 aromatic rings. The van der Waals surface area contributed by atoms with Crippen molar-refractivity contribution in [2.75, 3.05) is 13.1 Å². The molecular weight excluding hydrogens is 476 g/mol. The van der Waals surface area contributed by atoms with Gasteiger partial charge in [0.15, 0.2) is 6.29 Å². The number of ketones is 1. The average Bonchev–Trinajstić information content (AvgIpc) is 3.38. The highest BCUT2D eigenvalue weighted by atomic mass is 16.3. The second-order valence-electron chi connectivity index (χ2n) is 10.5. The lowest BCUT2D eigenvalue weighted by Gasteiger charge is -2.32. The maximum absolute atomic E-state index is 13.0. The number of hydrogen-bond donors (Lipinski definition) is 4. The molecule has 1 saturated carbocycles. The van der Waals surface area contributed by atoms with Gasteiger partial charge in [-0.05, 0) is 44.9 Å². The molecule has 0 radical (unpaired) electrons. The molecule has 1 unspecified atom stereocenters. The number of unbranched alkanes of at least 4 members (excludes halogenated alkanes) is 7. The Morgan fingerprint density at radius 3 is 2.27 bits per heavy atom. The molecule has 2 rings (SSSR count). The van der Waals surface area contributed by atoms with Crippen LogP contribution in [0.4, 0.5) is 4.79 Å². The van der Waals surface area contributed by atoms with Crippen molar-refractivity contribution in [2.45, 2.75) is 127 Å². The maximum Gasteiger partial charge on any atom is 0.317 e. The minimum Gasteiger partial charge on any atom is -0.371 e. The Balaban J connectivity index is 1.79. The average molecular weight is 523 g/mol. The Labute approximate surface area is 220 Å². The van der Waals surface area contributed by atoms with Crippen LogP contribution in [0.5, 0.6) is 0 Å². The van der Waals surface area contributed by atoms with Crippen LogP contribution in [-0.4, -0.2) is 70.8 Å². The summed E-state index contributed by atoms with van der Waals surface area (Å²) >= 11 is 0. The van der Waals surface area contributed by atoms with Gasteiger partial charge in [-0.15, -0.1) is 0 Å². The fourth-order valence-corrected chi connectivity index (χ4v) is 5.23. The van der Waals surface area contributed by atoms with Gasteiger partial charge in [0, 0.05) is 6.54 Å². The summed E-state index contributed by atoms with van der Waals surface area (Å²) in [6.45, 7) is 2.24. The van der Waals surface area contributed by atoms with Gasteiger partial charge in [-0.3, -0.25) is 19.2 Å². The number of Topliss-reactive ketones (excluding diaryl/α,β-unsaturated/α-hetero) is 1. The van der Waals surface area contributed by atoms with Crippen LogP contribution in [0.2, 0.25) is 0 Å². The highest BCUT2D eigenvalue weighted by Crippen LogP contribution is 2.25. The van der Waals surface area contributed by atoms with E-state index in [0.717, 1.165) is 44.9 Å². The third-order valence-corrected chi connectivity index (χ3v) is 7.43. The fraction of sp³-hybridized carbons (Fsp3) is 0.815. The van der Waals surface area contributed by atoms with Gasteiger partial charge in [-0.2, -0.15) is 0 Å². The molecule has 1 aliphatic heterocycles. The zero-order valence-corrected chi connectivity index (χ0v) is 22.4. The molecule has 2 aliphatic rings. The lowest BCUT2D eigenvalue weighted by Crippen LogP contribution is -2.55. The van der Waals surface area contributed by atoms with E-state index < -0.39 is 41.4 Å². The predicted octanol–water partition coefficient (Wildman–Crippen LogP) is 2.71. The summed E-state index contributed by atoms with van der Waals surface area (Å²) in [4.78, 5) is 62.6. The van der Waals surface area contributed by atoms with E-state index in [0.29, 0.717) is 38.6 Å². The molecule has 2 fully saturated rings. The van der Waals surface area contributed by atoms with Crippen LogP contribution in [-0.2, 0) is 19.2 Å². The minimum atomic E-state index is -1.25. The van der Waals surface area contributed by atoms with E-state index in [-0.39, 0.29) is 12.8 Å². The zero-order chi connectivity index (χ0) is 27.1. The van der Waals surface area contributed by atoms with Crippen LogP contribution in [0.25, 0.3) is 0 Å². The second kappa shape index (κ2) is 16.4. The standard InChI is InChI=1S/C27H46N4O6/c1-2-3-4-5-6-7-8-10-14-21(23(33)20-32)29-25(35)22-15-13-18-31(22)24(34)19-28-26(36)30-27(37)16-11-9-12-17-27/h20-22,37H,2-19H2,1H3,(H,29,35)(H2,28,30,36)/t21-,22?/m0/s1. The Hall–Kier alpha value is -2.49. The number of carbonyl (C=O) groups is 5. The van der Waals surface area contributed by atoms with Crippen LogP contribution < -0.4 is 16.0 Å². The number of nitrogens with zero attached hydrogens (tertiary/aromatic N) is 1. The Morgan fingerprint density at radius 1 is 0.973 bits per heavy atom. The Bertz CT molecular complexity index is 768. The molecule has 4 amide bonds. The van der Waals surface area contributed by atoms with E-state index in [1.807, 2.05) is 0 Å². The zero-order valence-electron chi connectivity index (χ0n) is 22.4. The third-order valence-electron chi connectivity index (χ3n) is 7.43. The van der Waals surface area contributed by atoms with E-state index in [4.69, 9.17) is 0 Å². The van der Waals surface area contributed by atoms with Crippen LogP contribution >= 0.6 is 0 Å². The summed E-state index contributed by atoms with van der Waals surface area (Å²) in [5, 5.41) is 18.2. The summed E-state index contributed by atoms with van der Waals surface area (Å²) in [5.74, 6) is -1.53. The first kappa shape index (κ1) is 30.7. The number of rotatable bonds is 16. The van der Waals surface area contributed by atoms with Gasteiger partial charge in [0.1, 0.15) is 11.8 Å². The smallest absolute Gasteiger partial charge is 0.317 e. The van der Waals surface area contributed by atoms with Crippen molar-refractivity contribution >= 4 is 29.9 Å². The van der Waals surface area contributed by atoms with Crippen molar-refractivity contribution in [3.8, 4) is 0 Å². The molecule has 4 N–H and O–H groups in total. The van der Waals surface area contributed by atoms with Crippen LogP contribution in [0.1, 0.15) is 110 Å². The molecule has 0 aromatic carbocycles. The summed E-state index contributed by atoms with van der Waals surface area (Å²) in [6, 6.07) is -2.26. The first-order chi connectivity index (χ1) is 17.8. The maximum atomic E-state index is 13.0. The molecule has 10 heteroatoms. The number of aldehydes is 1. The van der Waals surface area contributed by atoms with E-state index >= 15 is 0 Å². The topological polar surface area (TPSA) is 145 Å². The second-order valence-corrected chi connectivity index (χ2v) is 10.5. The normalized spacial score (nSPS) is 19.6. The molecular formula is C27H46N4O6. The largest absolute Gasteiger partial charge is 0.371 e. The number of carbonyl (C=O) groups excluding carboxylic acids is 5. The summed E-state index contributed by atoms with van der Waals surface area (Å²) in [5.41, 5.74) is -1.25. The highest BCUT2D eigenvalue weighted by molar-refractivity contribution is 6.28. The van der Waals surface area contributed by atoms with Crippen molar-refractivity contribution in [1.82, 2.24) is 20.9 Å². The van der Waals surface area contributed by atoms with E-state index in [9.17, 15) is 29.1 Å². The number of amides is 4. The molecule has 1 heterocycles. The van der Waals surface area contributed by atoms with Crippen molar-refractivity contribution in [3.63, 3.8) is 0 Å². The Kier molecular flexibility index (Phi) is 13.6. The number of likely N-dealkylation sites (tertiary alicyclic amines) is 1. The van der Waals surface area contributed by atoms with Crippen molar-refractivity contribution in [3.05, 3.63) is 0 Å². The van der Waals surface area contributed by atoms with Crippen LogP contribution in [0.15, 0.2) is 0 Å². The van der Waals surface area contributed by atoms with Gasteiger partial charge >= 0.3 is 6.03 Å². The van der Waals surface area contributed by atoms with Gasteiger partial charge in [-0.1, -0.05) is 64.7 Å². The number of hydrogen-bond acceptors (Lipinski definition) is 6. The van der Waals surface area contributed by atoms with E-state index in [1.54, 1.807) is 0 Å². The molecule has 37 heavy (non-hydrogen) atoms. The first-order valence-electron chi connectivity index (χ1n) is 14.2. The van der Waals surface area contributed by atoms with E-state index in [1.165, 1.54) is 30.6 Å². The monoisotopic (exact) mass is 522 g/mol. The fourth-order valence-electron chi connectivity index (χ4n) is 5.23. The predicted molar refractivity (Wildman–Crippen MR) is 140 cm³/mol. The number of nitrogens with one attached hydrogen (secondary N) is 3. The third kappa shape index (κ3) is 10.8. The van der Waals surface area contributed by atoms with Gasteiger partial charge in [0.2, 0.25) is 17.6 Å². The molecule has 10 nitrogen and oxygen atoms in total. The molecule has 1 aliphatic carbocycles. The highest BCUT2D eigenvalue weighted by Gasteiger charge is 2.36. The van der Waals surface area contributed by atoms with Gasteiger partial charge in [0.05, 0.1) is 12.6 Å². The first-order valence-corrected chi connectivity index (χ1v) is 14.2. The van der Waals surface area contributed by atoms with Gasteiger partial charge in [0.25, 0.3) is 0 Å². The van der Waals surface area contributed by atoms with Crippen molar-refractivity contribution < 1.29 is 29.1 Å². The molecule has 1 saturated heterocycles. The van der Waals surface area contributed by atoms with Crippen LogP contribution in [0.3, 0.4) is 0 Å². The van der Waals surface area contributed by atoms with Crippen LogP contribution in [0, 0.1) is 0 Å². The minimum absolute atomic E-state index is 0.246. The molecule has 210 valence electrons. The molecule has 0 spiro atoms. The SMILES string of the molecule is CCCCCCCCCC[C@H](NC(=O)C1CCCN1C(=O)CNC(=O)NC1(O)CCCCC1)C(=O)C=O. The van der Waals surface area contributed by atoms with Crippen molar-refractivity contribution in [2.24, 2.45) is 0 Å². The van der Waals surface area contributed by atoms with E-state index in [2.05, 4.69) is 22.9 Å². The summed E-state index contributed by atoms with van der Waals surface area (Å²) in [6.07, 6.45) is 14.1. The van der Waals surface area contributed by atoms with Gasteiger partial charge in [-0.25, -0.2) is 4.79 Å². The molecule has 2 atom stereocenters. The molecule has 0 aromatic heterocycles.